The number of ether oxygens (including phenoxy) is 3. The molecule has 2 N–H and O–H groups in total. The Morgan fingerprint density at radius 1 is 1.32 bits per heavy atom. The third kappa shape index (κ3) is 6.81. The van der Waals surface area contributed by atoms with Gasteiger partial charge in [0, 0.05) is 0 Å². The zero-order valence-corrected chi connectivity index (χ0v) is 16.6. The summed E-state index contributed by atoms with van der Waals surface area (Å²) in [4.78, 5) is 23.2. The summed E-state index contributed by atoms with van der Waals surface area (Å²) in [5.41, 5.74) is -0.130. The van der Waals surface area contributed by atoms with Crippen molar-refractivity contribution < 1.29 is 28.9 Å². The maximum Gasteiger partial charge on any atom is 0.408 e. The number of carboxylic acids is 1. The number of amides is 1. The first-order valence-corrected chi connectivity index (χ1v) is 8.58. The van der Waals surface area contributed by atoms with Gasteiger partial charge < -0.3 is 24.6 Å². The van der Waals surface area contributed by atoms with Gasteiger partial charge in [0.05, 0.1) is 30.7 Å². The van der Waals surface area contributed by atoms with Crippen LogP contribution in [0.25, 0.3) is 0 Å². The predicted octanol–water partition coefficient (Wildman–Crippen LogP) is 3.90. The van der Waals surface area contributed by atoms with Crippen LogP contribution < -0.4 is 14.8 Å². The number of aliphatic carboxylic acids is 1. The zero-order chi connectivity index (χ0) is 19.2. The number of rotatable bonds is 7. The molecule has 1 atom stereocenters. The highest BCUT2D eigenvalue weighted by Crippen LogP contribution is 2.38. The van der Waals surface area contributed by atoms with Gasteiger partial charge in [-0.15, -0.1) is 0 Å². The van der Waals surface area contributed by atoms with Gasteiger partial charge >= 0.3 is 12.1 Å². The highest BCUT2D eigenvalue weighted by atomic mass is 79.9. The predicted molar refractivity (Wildman–Crippen MR) is 96.2 cm³/mol. The van der Waals surface area contributed by atoms with Crippen molar-refractivity contribution in [1.29, 1.82) is 0 Å². The lowest BCUT2D eigenvalue weighted by atomic mass is 10.0. The molecule has 140 valence electrons. The fraction of sp³-hybridized carbons (Fsp3) is 0.529. The molecule has 0 aliphatic carbocycles. The topological polar surface area (TPSA) is 94.1 Å². The molecule has 7 nitrogen and oxygen atoms in total. The molecular weight excluding hydrogens is 394 g/mol. The van der Waals surface area contributed by atoms with E-state index in [4.69, 9.17) is 19.3 Å². The monoisotopic (exact) mass is 417 g/mol. The van der Waals surface area contributed by atoms with Gasteiger partial charge in [-0.3, -0.25) is 4.79 Å². The van der Waals surface area contributed by atoms with Gasteiger partial charge in [0.2, 0.25) is 0 Å². The highest BCUT2D eigenvalue weighted by Gasteiger charge is 2.24. The van der Waals surface area contributed by atoms with Crippen molar-refractivity contribution in [2.75, 3.05) is 13.7 Å². The van der Waals surface area contributed by atoms with Crippen LogP contribution in [-0.4, -0.2) is 36.5 Å². The summed E-state index contributed by atoms with van der Waals surface area (Å²) in [6.07, 6.45) is -0.995. The number of methoxy groups -OCH3 is 1. The third-order valence-electron chi connectivity index (χ3n) is 3.01. The molecule has 0 aliphatic heterocycles. The Balaban J connectivity index is 3.16. The van der Waals surface area contributed by atoms with Crippen molar-refractivity contribution in [2.45, 2.75) is 45.8 Å². The number of halogens is 1. The number of benzene rings is 1. The standard InChI is InChI=1S/C17H24BrNO6/c1-6-24-15-11(18)7-10(8-13(15)23-5)12(9-14(20)21)19-16(22)25-17(2,3)4/h7-8,12H,6,9H2,1-5H3,(H,19,22)(H,20,21)/t12-/m1/s1. The van der Waals surface area contributed by atoms with Crippen LogP contribution in [0.2, 0.25) is 0 Å². The van der Waals surface area contributed by atoms with Crippen LogP contribution in [-0.2, 0) is 9.53 Å². The molecule has 0 fully saturated rings. The lowest BCUT2D eigenvalue weighted by molar-refractivity contribution is -0.137. The molecule has 1 aromatic carbocycles. The summed E-state index contributed by atoms with van der Waals surface area (Å²) in [5, 5.41) is 11.8. The molecule has 0 aromatic heterocycles. The Hall–Kier alpha value is -1.96. The normalized spacial score (nSPS) is 12.2. The molecule has 0 spiro atoms. The Labute approximate surface area is 155 Å². The molecule has 1 amide bonds. The van der Waals surface area contributed by atoms with Crippen LogP contribution in [0.3, 0.4) is 0 Å². The van der Waals surface area contributed by atoms with Crippen LogP contribution in [0.15, 0.2) is 16.6 Å². The Morgan fingerprint density at radius 3 is 2.44 bits per heavy atom. The number of hydrogen-bond donors (Lipinski definition) is 2. The first kappa shape index (κ1) is 21.1. The smallest absolute Gasteiger partial charge is 0.408 e. The minimum atomic E-state index is -1.05. The number of carbonyl (C=O) groups is 2. The highest BCUT2D eigenvalue weighted by molar-refractivity contribution is 9.10. The lowest BCUT2D eigenvalue weighted by Crippen LogP contribution is -2.35. The van der Waals surface area contributed by atoms with Gasteiger partial charge in [0.15, 0.2) is 11.5 Å². The number of nitrogens with one attached hydrogen (secondary N) is 1. The van der Waals surface area contributed by atoms with E-state index in [9.17, 15) is 9.59 Å². The molecule has 0 bridgehead atoms. The van der Waals surface area contributed by atoms with Crippen molar-refractivity contribution >= 4 is 28.0 Å². The van der Waals surface area contributed by atoms with Crippen LogP contribution in [0, 0.1) is 0 Å². The van der Waals surface area contributed by atoms with E-state index in [-0.39, 0.29) is 6.42 Å². The van der Waals surface area contributed by atoms with Crippen LogP contribution in [0.1, 0.15) is 45.7 Å². The van der Waals surface area contributed by atoms with Crippen LogP contribution in [0.5, 0.6) is 11.5 Å². The quantitative estimate of drug-likeness (QED) is 0.698. The minimum Gasteiger partial charge on any atom is -0.493 e. The molecule has 0 saturated carbocycles. The van der Waals surface area contributed by atoms with Crippen LogP contribution in [0.4, 0.5) is 4.79 Å². The maximum absolute atomic E-state index is 12.0. The lowest BCUT2D eigenvalue weighted by Gasteiger charge is -2.24. The number of carboxylic acid groups (broad SMARTS) is 1. The van der Waals surface area contributed by atoms with Gasteiger partial charge in [0.25, 0.3) is 0 Å². The molecule has 0 heterocycles. The molecule has 0 aliphatic rings. The summed E-state index contributed by atoms with van der Waals surface area (Å²) >= 11 is 3.39. The van der Waals surface area contributed by atoms with Gasteiger partial charge in [-0.2, -0.15) is 0 Å². The molecular formula is C17H24BrNO6. The number of alkyl carbamates (subject to hydrolysis) is 1. The second-order valence-electron chi connectivity index (χ2n) is 6.26. The van der Waals surface area contributed by atoms with Crippen LogP contribution >= 0.6 is 15.9 Å². The van der Waals surface area contributed by atoms with Gasteiger partial charge in [-0.05, 0) is 61.3 Å². The van der Waals surface area contributed by atoms with Gasteiger partial charge in [-0.25, -0.2) is 4.79 Å². The van der Waals surface area contributed by atoms with E-state index in [1.807, 2.05) is 6.92 Å². The summed E-state index contributed by atoms with van der Waals surface area (Å²) in [5.74, 6) is -0.0993. The summed E-state index contributed by atoms with van der Waals surface area (Å²) in [7, 11) is 1.49. The first-order valence-electron chi connectivity index (χ1n) is 7.79. The molecule has 1 rings (SSSR count). The number of carbonyl (C=O) groups excluding carboxylic acids is 1. The van der Waals surface area contributed by atoms with E-state index in [0.29, 0.717) is 28.1 Å². The van der Waals surface area contributed by atoms with E-state index in [2.05, 4.69) is 21.2 Å². The summed E-state index contributed by atoms with van der Waals surface area (Å²) in [6.45, 7) is 7.49. The fourth-order valence-corrected chi connectivity index (χ4v) is 2.68. The SMILES string of the molecule is CCOc1c(Br)cc([C@@H](CC(=O)O)NC(=O)OC(C)(C)C)cc1OC. The number of hydrogen-bond acceptors (Lipinski definition) is 5. The first-order chi connectivity index (χ1) is 11.6. The fourth-order valence-electron chi connectivity index (χ4n) is 2.10. The molecule has 1 aromatic rings. The van der Waals surface area contributed by atoms with E-state index in [0.717, 1.165) is 0 Å². The maximum atomic E-state index is 12.0. The van der Waals surface area contributed by atoms with Crippen molar-refractivity contribution in [1.82, 2.24) is 5.32 Å². The second kappa shape index (κ2) is 8.94. The van der Waals surface area contributed by atoms with Crippen molar-refractivity contribution in [3.05, 3.63) is 22.2 Å². The average molecular weight is 418 g/mol. The Morgan fingerprint density at radius 2 is 1.96 bits per heavy atom. The van der Waals surface area contributed by atoms with E-state index in [1.165, 1.54) is 7.11 Å². The Bertz CT molecular complexity index is 626. The molecule has 25 heavy (non-hydrogen) atoms. The average Bonchev–Trinajstić information content (AvgIpc) is 2.46. The molecule has 8 heteroatoms. The van der Waals surface area contributed by atoms with Gasteiger partial charge in [0.1, 0.15) is 5.60 Å². The third-order valence-corrected chi connectivity index (χ3v) is 3.60. The molecule has 0 radical (unpaired) electrons. The van der Waals surface area contributed by atoms with E-state index in [1.54, 1.807) is 32.9 Å². The van der Waals surface area contributed by atoms with Crippen molar-refractivity contribution in [2.24, 2.45) is 0 Å². The molecule has 0 saturated heterocycles. The van der Waals surface area contributed by atoms with E-state index < -0.39 is 23.7 Å². The Kier molecular flexibility index (Phi) is 7.54. The largest absolute Gasteiger partial charge is 0.493 e. The van der Waals surface area contributed by atoms with Crippen molar-refractivity contribution in [3.63, 3.8) is 0 Å². The minimum absolute atomic E-state index is 0.303. The van der Waals surface area contributed by atoms with Crippen molar-refractivity contribution in [3.8, 4) is 11.5 Å². The second-order valence-corrected chi connectivity index (χ2v) is 7.12. The summed E-state index contributed by atoms with van der Waals surface area (Å²) in [6, 6.07) is 2.55. The zero-order valence-electron chi connectivity index (χ0n) is 15.0. The summed E-state index contributed by atoms with van der Waals surface area (Å²) < 4.78 is 16.6. The van der Waals surface area contributed by atoms with Gasteiger partial charge in [-0.1, -0.05) is 0 Å². The molecule has 0 unspecified atom stereocenters. The van der Waals surface area contributed by atoms with E-state index >= 15 is 0 Å².